The van der Waals surface area contributed by atoms with Gasteiger partial charge >= 0.3 is 0 Å². The molecule has 7 atom stereocenters. The van der Waals surface area contributed by atoms with Crippen molar-refractivity contribution in [3.05, 3.63) is 35.9 Å². The second kappa shape index (κ2) is 9.54. The van der Waals surface area contributed by atoms with E-state index < -0.39 is 6.10 Å². The van der Waals surface area contributed by atoms with Crippen molar-refractivity contribution in [3.8, 4) is 0 Å². The average Bonchev–Trinajstić information content (AvgIpc) is 2.69. The highest BCUT2D eigenvalue weighted by molar-refractivity contribution is 5.79. The minimum Gasteiger partial charge on any atom is -0.392 e. The number of nitrogens with one attached hydrogen (secondary N) is 2. The molecule has 1 aromatic rings. The highest BCUT2D eigenvalue weighted by atomic mass is 16.3. The van der Waals surface area contributed by atoms with Crippen LogP contribution < -0.4 is 10.6 Å². The Morgan fingerprint density at radius 3 is 2.41 bits per heavy atom. The van der Waals surface area contributed by atoms with Gasteiger partial charge in [-0.05, 0) is 75.2 Å². The van der Waals surface area contributed by atoms with Gasteiger partial charge in [0.05, 0.1) is 12.5 Å². The monoisotopic (exact) mass is 442 g/mol. The lowest BCUT2D eigenvalue weighted by molar-refractivity contribution is -0.144. The minimum atomic E-state index is -0.543. The van der Waals surface area contributed by atoms with Crippen LogP contribution in [0.2, 0.25) is 0 Å². The Kier molecular flexibility index (Phi) is 7.38. The summed E-state index contributed by atoms with van der Waals surface area (Å²) in [6, 6.07) is 9.85. The zero-order valence-electron chi connectivity index (χ0n) is 20.7. The zero-order chi connectivity index (χ0) is 23.7. The van der Waals surface area contributed by atoms with Crippen molar-refractivity contribution in [2.24, 2.45) is 29.1 Å². The van der Waals surface area contributed by atoms with Gasteiger partial charge in [0.15, 0.2) is 0 Å². The van der Waals surface area contributed by atoms with Crippen LogP contribution in [0.4, 0.5) is 0 Å². The smallest absolute Gasteiger partial charge is 0.224 e. The topological polar surface area (TPSA) is 78.4 Å². The molecule has 0 unspecified atom stereocenters. The standard InChI is InChI=1S/C27H42N2O3/c1-17(25(32)29-26(3,4)5)20-12-14-27(6)15-13-21(18(2)23(27)24(20)31)28-22(30)16-19-10-8-7-9-11-19/h7-11,17-18,20-21,23-24,31H,12-16H2,1-6H3,(H,28,30)(H,29,32)/t17-,18-,20-,21-,23+,24-,27+/m0/s1. The van der Waals surface area contributed by atoms with Crippen molar-refractivity contribution in [1.29, 1.82) is 0 Å². The molecule has 2 saturated carbocycles. The predicted molar refractivity (Wildman–Crippen MR) is 128 cm³/mol. The van der Waals surface area contributed by atoms with Crippen LogP contribution in [0.15, 0.2) is 30.3 Å². The summed E-state index contributed by atoms with van der Waals surface area (Å²) in [5, 5.41) is 17.8. The van der Waals surface area contributed by atoms with Crippen LogP contribution in [0.25, 0.3) is 0 Å². The fourth-order valence-electron chi connectivity index (χ4n) is 6.21. The fraction of sp³-hybridized carbons (Fsp3) is 0.704. The molecule has 0 bridgehead atoms. The van der Waals surface area contributed by atoms with Gasteiger partial charge in [0, 0.05) is 17.5 Å². The predicted octanol–water partition coefficient (Wildman–Crippen LogP) is 4.09. The van der Waals surface area contributed by atoms with Crippen LogP contribution in [0.3, 0.4) is 0 Å². The van der Waals surface area contributed by atoms with Gasteiger partial charge in [0.25, 0.3) is 0 Å². The average molecular weight is 443 g/mol. The number of carbonyl (C=O) groups is 2. The van der Waals surface area contributed by atoms with E-state index in [9.17, 15) is 14.7 Å². The number of amides is 2. The summed E-state index contributed by atoms with van der Waals surface area (Å²) in [7, 11) is 0. The Labute approximate surface area is 193 Å². The van der Waals surface area contributed by atoms with Crippen molar-refractivity contribution < 1.29 is 14.7 Å². The molecule has 5 heteroatoms. The normalized spacial score (nSPS) is 33.7. The lowest BCUT2D eigenvalue weighted by Gasteiger charge is -2.56. The number of aliphatic hydroxyl groups is 1. The summed E-state index contributed by atoms with van der Waals surface area (Å²) in [5.41, 5.74) is 0.775. The Morgan fingerprint density at radius 2 is 1.78 bits per heavy atom. The molecule has 32 heavy (non-hydrogen) atoms. The Bertz CT molecular complexity index is 803. The van der Waals surface area contributed by atoms with E-state index in [4.69, 9.17) is 0 Å². The van der Waals surface area contributed by atoms with Gasteiger partial charge in [0.2, 0.25) is 11.8 Å². The molecule has 178 valence electrons. The first-order chi connectivity index (χ1) is 14.9. The molecular formula is C27H42N2O3. The van der Waals surface area contributed by atoms with E-state index in [0.29, 0.717) is 6.42 Å². The molecule has 3 rings (SSSR count). The summed E-state index contributed by atoms with van der Waals surface area (Å²) in [4.78, 5) is 25.5. The molecule has 2 amide bonds. The number of hydrogen-bond donors (Lipinski definition) is 3. The van der Waals surface area contributed by atoms with E-state index in [1.54, 1.807) is 0 Å². The van der Waals surface area contributed by atoms with Gasteiger partial charge in [-0.25, -0.2) is 0 Å². The largest absolute Gasteiger partial charge is 0.392 e. The second-order valence-corrected chi connectivity index (χ2v) is 11.6. The van der Waals surface area contributed by atoms with Gasteiger partial charge in [-0.2, -0.15) is 0 Å². The van der Waals surface area contributed by atoms with E-state index in [2.05, 4.69) is 24.5 Å². The molecule has 0 spiro atoms. The van der Waals surface area contributed by atoms with E-state index in [-0.39, 0.29) is 52.5 Å². The number of rotatable bonds is 5. The summed E-state index contributed by atoms with van der Waals surface area (Å²) < 4.78 is 0. The maximum atomic E-state index is 12.8. The highest BCUT2D eigenvalue weighted by Crippen LogP contribution is 2.55. The lowest BCUT2D eigenvalue weighted by atomic mass is 9.51. The third kappa shape index (κ3) is 5.54. The van der Waals surface area contributed by atoms with Gasteiger partial charge in [-0.1, -0.05) is 51.1 Å². The molecule has 0 aromatic heterocycles. The summed E-state index contributed by atoms with van der Waals surface area (Å²) in [5.74, 6) is -0.0190. The first-order valence-corrected chi connectivity index (χ1v) is 12.2. The molecule has 0 heterocycles. The molecule has 5 nitrogen and oxygen atoms in total. The lowest BCUT2D eigenvalue weighted by Crippen LogP contribution is -2.59. The third-order valence-electron chi connectivity index (χ3n) is 8.00. The van der Waals surface area contributed by atoms with Crippen molar-refractivity contribution >= 4 is 11.8 Å². The van der Waals surface area contributed by atoms with Gasteiger partial charge < -0.3 is 15.7 Å². The van der Waals surface area contributed by atoms with Gasteiger partial charge in [0.1, 0.15) is 0 Å². The van der Waals surface area contributed by atoms with E-state index in [1.807, 2.05) is 58.0 Å². The molecule has 2 fully saturated rings. The molecule has 0 radical (unpaired) electrons. The number of hydrogen-bond acceptors (Lipinski definition) is 3. The summed E-state index contributed by atoms with van der Waals surface area (Å²) >= 11 is 0. The van der Waals surface area contributed by atoms with Crippen molar-refractivity contribution in [2.75, 3.05) is 0 Å². The Morgan fingerprint density at radius 1 is 1.16 bits per heavy atom. The molecule has 1 aromatic carbocycles. The van der Waals surface area contributed by atoms with Gasteiger partial charge in [-0.15, -0.1) is 0 Å². The Balaban J connectivity index is 1.69. The zero-order valence-corrected chi connectivity index (χ0v) is 20.7. The van der Waals surface area contributed by atoms with Crippen LogP contribution in [-0.4, -0.2) is 34.6 Å². The maximum absolute atomic E-state index is 12.8. The van der Waals surface area contributed by atoms with E-state index in [0.717, 1.165) is 31.2 Å². The van der Waals surface area contributed by atoms with Crippen LogP contribution in [0.5, 0.6) is 0 Å². The quantitative estimate of drug-likeness (QED) is 0.643. The first kappa shape index (κ1) is 24.8. The fourth-order valence-corrected chi connectivity index (χ4v) is 6.21. The molecule has 2 aliphatic rings. The van der Waals surface area contributed by atoms with Crippen LogP contribution >= 0.6 is 0 Å². The van der Waals surface area contributed by atoms with Crippen LogP contribution in [0, 0.1) is 29.1 Å². The third-order valence-corrected chi connectivity index (χ3v) is 8.00. The number of aliphatic hydroxyl groups excluding tert-OH is 1. The van der Waals surface area contributed by atoms with Gasteiger partial charge in [-0.3, -0.25) is 9.59 Å². The minimum absolute atomic E-state index is 0.0151. The SMILES string of the molecule is C[C@@H]1[C@@H]2[C@@H](O)[C@H]([C@H](C)C(=O)NC(C)(C)C)CC[C@]2(C)CC[C@@H]1NC(=O)Cc1ccccc1. The molecule has 0 saturated heterocycles. The number of benzene rings is 1. The van der Waals surface area contributed by atoms with Crippen LogP contribution in [0.1, 0.15) is 72.8 Å². The van der Waals surface area contributed by atoms with Crippen molar-refractivity contribution in [3.63, 3.8) is 0 Å². The van der Waals surface area contributed by atoms with Crippen molar-refractivity contribution in [1.82, 2.24) is 10.6 Å². The summed E-state index contributed by atoms with van der Waals surface area (Å²) in [6.45, 7) is 12.4. The van der Waals surface area contributed by atoms with Crippen molar-refractivity contribution in [2.45, 2.75) is 91.3 Å². The molecule has 3 N–H and O–H groups in total. The highest BCUT2D eigenvalue weighted by Gasteiger charge is 2.53. The Hall–Kier alpha value is -1.88. The molecule has 2 aliphatic carbocycles. The molecule has 0 aliphatic heterocycles. The second-order valence-electron chi connectivity index (χ2n) is 11.6. The first-order valence-electron chi connectivity index (χ1n) is 12.2. The van der Waals surface area contributed by atoms with Crippen LogP contribution in [-0.2, 0) is 16.0 Å². The van der Waals surface area contributed by atoms with E-state index in [1.165, 1.54) is 0 Å². The molecular weight excluding hydrogens is 400 g/mol. The number of fused-ring (bicyclic) bond motifs is 1. The maximum Gasteiger partial charge on any atom is 0.224 e. The number of carbonyl (C=O) groups excluding carboxylic acids is 2. The summed E-state index contributed by atoms with van der Waals surface area (Å²) in [6.07, 6.45) is 3.64. The van der Waals surface area contributed by atoms with E-state index >= 15 is 0 Å².